The number of alkyl carbamates (subject to hydrolysis) is 1. The monoisotopic (exact) mass is 239 g/mol. The van der Waals surface area contributed by atoms with Crippen molar-refractivity contribution in [3.05, 3.63) is 35.6 Å². The van der Waals surface area contributed by atoms with Crippen LogP contribution in [0.1, 0.15) is 17.9 Å². The molecule has 4 nitrogen and oxygen atoms in total. The maximum atomic E-state index is 12.7. The summed E-state index contributed by atoms with van der Waals surface area (Å²) in [7, 11) is 1.27. The van der Waals surface area contributed by atoms with E-state index in [-0.39, 0.29) is 24.7 Å². The highest BCUT2D eigenvalue weighted by Gasteiger charge is 2.12. The molecule has 0 spiro atoms. The standard InChI is InChI=1S/C12H14FNO3/c1-17-12(16)14-8-10(6-7-15)9-2-4-11(13)5-3-9/h2-5,7,10H,6,8H2,1H3,(H,14,16). The van der Waals surface area contributed by atoms with Gasteiger partial charge >= 0.3 is 6.09 Å². The first kappa shape index (κ1) is 13.2. The smallest absolute Gasteiger partial charge is 0.406 e. The molecule has 0 heterocycles. The number of carbonyl (C=O) groups excluding carboxylic acids is 2. The molecule has 1 aromatic carbocycles. The molecule has 1 amide bonds. The van der Waals surface area contributed by atoms with Crippen molar-refractivity contribution in [3.8, 4) is 0 Å². The Hall–Kier alpha value is -1.91. The summed E-state index contributed by atoms with van der Waals surface area (Å²) in [6.45, 7) is 0.275. The van der Waals surface area contributed by atoms with Crippen LogP contribution in [0.2, 0.25) is 0 Å². The van der Waals surface area contributed by atoms with Gasteiger partial charge in [0, 0.05) is 18.9 Å². The van der Waals surface area contributed by atoms with Gasteiger partial charge in [-0.1, -0.05) is 12.1 Å². The minimum absolute atomic E-state index is 0.174. The topological polar surface area (TPSA) is 55.4 Å². The number of amides is 1. The maximum Gasteiger partial charge on any atom is 0.406 e. The molecule has 0 aliphatic heterocycles. The molecule has 0 aliphatic carbocycles. The summed E-state index contributed by atoms with van der Waals surface area (Å²) in [5, 5.41) is 2.52. The SMILES string of the molecule is COC(=O)NCC(CC=O)c1ccc(F)cc1. The van der Waals surface area contributed by atoms with Crippen LogP contribution in [0.3, 0.4) is 0 Å². The number of ether oxygens (including phenoxy) is 1. The van der Waals surface area contributed by atoms with E-state index in [2.05, 4.69) is 10.1 Å². The molecule has 1 aromatic rings. The van der Waals surface area contributed by atoms with Gasteiger partial charge in [0.05, 0.1) is 7.11 Å². The Morgan fingerprint density at radius 1 is 1.47 bits per heavy atom. The molecule has 17 heavy (non-hydrogen) atoms. The molecule has 5 heteroatoms. The van der Waals surface area contributed by atoms with E-state index in [1.54, 1.807) is 12.1 Å². The molecular weight excluding hydrogens is 225 g/mol. The highest BCUT2D eigenvalue weighted by Crippen LogP contribution is 2.18. The van der Waals surface area contributed by atoms with Crippen LogP contribution in [-0.4, -0.2) is 26.0 Å². The Morgan fingerprint density at radius 3 is 2.65 bits per heavy atom. The highest BCUT2D eigenvalue weighted by atomic mass is 19.1. The Morgan fingerprint density at radius 2 is 2.12 bits per heavy atom. The third-order valence-electron chi connectivity index (χ3n) is 2.40. The van der Waals surface area contributed by atoms with Gasteiger partial charge in [-0.2, -0.15) is 0 Å². The summed E-state index contributed by atoms with van der Waals surface area (Å²) < 4.78 is 17.2. The number of benzene rings is 1. The van der Waals surface area contributed by atoms with E-state index >= 15 is 0 Å². The fraction of sp³-hybridized carbons (Fsp3) is 0.333. The van der Waals surface area contributed by atoms with E-state index in [0.29, 0.717) is 0 Å². The van der Waals surface area contributed by atoms with Crippen LogP contribution in [-0.2, 0) is 9.53 Å². The van der Waals surface area contributed by atoms with E-state index < -0.39 is 6.09 Å². The lowest BCUT2D eigenvalue weighted by molar-refractivity contribution is -0.108. The van der Waals surface area contributed by atoms with Crippen molar-refractivity contribution in [3.63, 3.8) is 0 Å². The third kappa shape index (κ3) is 4.22. The first-order valence-electron chi connectivity index (χ1n) is 5.18. The second kappa shape index (κ2) is 6.62. The Balaban J connectivity index is 2.67. The van der Waals surface area contributed by atoms with Crippen molar-refractivity contribution < 1.29 is 18.7 Å². The summed E-state index contributed by atoms with van der Waals surface area (Å²) in [6, 6.07) is 5.85. The first-order chi connectivity index (χ1) is 8.17. The summed E-state index contributed by atoms with van der Waals surface area (Å²) >= 11 is 0. The molecule has 1 rings (SSSR count). The van der Waals surface area contributed by atoms with Crippen LogP contribution in [0.25, 0.3) is 0 Å². The summed E-state index contributed by atoms with van der Waals surface area (Å²) in [4.78, 5) is 21.5. The molecule has 0 saturated carbocycles. The molecule has 1 atom stereocenters. The maximum absolute atomic E-state index is 12.7. The molecule has 1 unspecified atom stereocenters. The fourth-order valence-electron chi connectivity index (χ4n) is 1.47. The minimum atomic E-state index is -0.553. The van der Waals surface area contributed by atoms with Gasteiger partial charge in [-0.15, -0.1) is 0 Å². The van der Waals surface area contributed by atoms with E-state index in [0.717, 1.165) is 11.8 Å². The average molecular weight is 239 g/mol. The predicted molar refractivity (Wildman–Crippen MR) is 60.2 cm³/mol. The Bertz CT molecular complexity index is 378. The number of methoxy groups -OCH3 is 1. The largest absolute Gasteiger partial charge is 0.453 e. The zero-order valence-corrected chi connectivity index (χ0v) is 9.48. The van der Waals surface area contributed by atoms with Gasteiger partial charge in [0.25, 0.3) is 0 Å². The van der Waals surface area contributed by atoms with Gasteiger partial charge in [-0.3, -0.25) is 0 Å². The van der Waals surface area contributed by atoms with Crippen LogP contribution in [0, 0.1) is 5.82 Å². The second-order valence-corrected chi connectivity index (χ2v) is 3.52. The van der Waals surface area contributed by atoms with Crippen molar-refractivity contribution in [2.45, 2.75) is 12.3 Å². The van der Waals surface area contributed by atoms with Crippen molar-refractivity contribution >= 4 is 12.4 Å². The van der Waals surface area contributed by atoms with E-state index in [4.69, 9.17) is 0 Å². The number of hydrogen-bond donors (Lipinski definition) is 1. The average Bonchev–Trinajstić information content (AvgIpc) is 2.35. The first-order valence-corrected chi connectivity index (χ1v) is 5.18. The normalized spacial score (nSPS) is 11.6. The third-order valence-corrected chi connectivity index (χ3v) is 2.40. The number of carbonyl (C=O) groups is 2. The van der Waals surface area contributed by atoms with Crippen molar-refractivity contribution in [2.75, 3.05) is 13.7 Å². The van der Waals surface area contributed by atoms with Gasteiger partial charge in [-0.05, 0) is 17.7 Å². The molecule has 0 aliphatic rings. The zero-order valence-electron chi connectivity index (χ0n) is 9.48. The lowest BCUT2D eigenvalue weighted by Gasteiger charge is -2.15. The summed E-state index contributed by atoms with van der Waals surface area (Å²) in [5.74, 6) is -0.508. The molecule has 0 saturated heterocycles. The molecular formula is C12H14FNO3. The number of hydrogen-bond acceptors (Lipinski definition) is 3. The summed E-state index contributed by atoms with van der Waals surface area (Å²) in [6.07, 6.45) is 0.478. The quantitative estimate of drug-likeness (QED) is 0.798. The molecule has 0 fully saturated rings. The van der Waals surface area contributed by atoms with Gasteiger partial charge in [0.2, 0.25) is 0 Å². The number of aldehydes is 1. The van der Waals surface area contributed by atoms with Crippen molar-refractivity contribution in [1.82, 2.24) is 5.32 Å². The molecule has 0 bridgehead atoms. The molecule has 1 N–H and O–H groups in total. The predicted octanol–water partition coefficient (Wildman–Crippen LogP) is 1.85. The van der Waals surface area contributed by atoms with Crippen molar-refractivity contribution in [1.29, 1.82) is 0 Å². The molecule has 0 radical (unpaired) electrons. The van der Waals surface area contributed by atoms with Crippen LogP contribution < -0.4 is 5.32 Å². The molecule has 0 aromatic heterocycles. The van der Waals surface area contributed by atoms with Crippen LogP contribution >= 0.6 is 0 Å². The fourth-order valence-corrected chi connectivity index (χ4v) is 1.47. The lowest BCUT2D eigenvalue weighted by atomic mass is 9.96. The van der Waals surface area contributed by atoms with Crippen LogP contribution in [0.4, 0.5) is 9.18 Å². The van der Waals surface area contributed by atoms with Gasteiger partial charge in [0.1, 0.15) is 12.1 Å². The van der Waals surface area contributed by atoms with E-state index in [1.807, 2.05) is 0 Å². The van der Waals surface area contributed by atoms with E-state index in [9.17, 15) is 14.0 Å². The Kier molecular flexibility index (Phi) is 5.13. The Labute approximate surface area is 98.8 Å². The highest BCUT2D eigenvalue weighted by molar-refractivity contribution is 5.67. The van der Waals surface area contributed by atoms with Crippen LogP contribution in [0.5, 0.6) is 0 Å². The van der Waals surface area contributed by atoms with Gasteiger partial charge in [0.15, 0.2) is 0 Å². The van der Waals surface area contributed by atoms with E-state index in [1.165, 1.54) is 19.2 Å². The summed E-state index contributed by atoms with van der Waals surface area (Å²) in [5.41, 5.74) is 0.801. The van der Waals surface area contributed by atoms with Crippen molar-refractivity contribution in [2.24, 2.45) is 0 Å². The lowest BCUT2D eigenvalue weighted by Crippen LogP contribution is -2.28. The number of halogens is 1. The zero-order chi connectivity index (χ0) is 12.7. The van der Waals surface area contributed by atoms with Gasteiger partial charge in [-0.25, -0.2) is 9.18 Å². The van der Waals surface area contributed by atoms with Gasteiger partial charge < -0.3 is 14.8 Å². The molecule has 92 valence electrons. The second-order valence-electron chi connectivity index (χ2n) is 3.52. The number of nitrogens with one attached hydrogen (secondary N) is 1. The minimum Gasteiger partial charge on any atom is -0.453 e. The van der Waals surface area contributed by atoms with Crippen LogP contribution in [0.15, 0.2) is 24.3 Å². The number of rotatable bonds is 5.